The molecular weight excluding hydrogens is 348 g/mol. The number of carbonyl (C=O) groups is 2. The molecule has 1 heterocycles. The van der Waals surface area contributed by atoms with E-state index in [0.29, 0.717) is 10.7 Å². The Morgan fingerprint density at radius 2 is 1.90 bits per heavy atom. The number of carbonyl (C=O) groups excluding carboxylic acids is 2. The van der Waals surface area contributed by atoms with Crippen molar-refractivity contribution in [3.05, 3.63) is 57.8 Å². The number of anilines is 1. The third kappa shape index (κ3) is 3.40. The minimum atomic E-state index is -1.09. The molecule has 5 nitrogen and oxygen atoms in total. The number of pyridine rings is 1. The van der Waals surface area contributed by atoms with Crippen molar-refractivity contribution in [2.24, 2.45) is 5.73 Å². The molecule has 0 spiro atoms. The lowest BCUT2D eigenvalue weighted by Gasteiger charge is -2.08. The summed E-state index contributed by atoms with van der Waals surface area (Å²) in [6, 6.07) is 4.32. The number of nitrogens with one attached hydrogen (secondary N) is 1. The van der Waals surface area contributed by atoms with E-state index >= 15 is 0 Å². The van der Waals surface area contributed by atoms with Crippen molar-refractivity contribution in [3.8, 4) is 0 Å². The molecule has 8 heteroatoms. The highest BCUT2D eigenvalue weighted by Crippen LogP contribution is 2.20. The number of hydrogen-bond acceptors (Lipinski definition) is 3. The van der Waals surface area contributed by atoms with Crippen molar-refractivity contribution in [1.82, 2.24) is 4.98 Å². The van der Waals surface area contributed by atoms with E-state index in [0.717, 1.165) is 6.07 Å². The Balaban J connectivity index is 2.30. The van der Waals surface area contributed by atoms with E-state index in [4.69, 9.17) is 5.73 Å². The lowest BCUT2D eigenvalue weighted by molar-refractivity contribution is 0.0992. The van der Waals surface area contributed by atoms with Crippen LogP contribution in [-0.2, 0) is 0 Å². The van der Waals surface area contributed by atoms with Crippen LogP contribution < -0.4 is 11.1 Å². The molecule has 0 saturated heterocycles. The zero-order chi connectivity index (χ0) is 15.6. The first-order valence-corrected chi connectivity index (χ1v) is 6.39. The van der Waals surface area contributed by atoms with Crippen LogP contribution in [0.15, 0.2) is 35.1 Å². The summed E-state index contributed by atoms with van der Waals surface area (Å²) in [5, 5.41) is 2.22. The second kappa shape index (κ2) is 5.96. The van der Waals surface area contributed by atoms with Gasteiger partial charge >= 0.3 is 0 Å². The number of aromatic nitrogens is 1. The predicted octanol–water partition coefficient (Wildman–Crippen LogP) is 2.47. The molecule has 0 radical (unpaired) electrons. The van der Waals surface area contributed by atoms with Gasteiger partial charge in [0, 0.05) is 12.3 Å². The van der Waals surface area contributed by atoms with E-state index in [9.17, 15) is 18.4 Å². The van der Waals surface area contributed by atoms with Crippen LogP contribution in [0.2, 0.25) is 0 Å². The normalized spacial score (nSPS) is 10.2. The van der Waals surface area contributed by atoms with Crippen LogP contribution in [0.4, 0.5) is 14.5 Å². The van der Waals surface area contributed by atoms with Gasteiger partial charge in [-0.05, 0) is 34.1 Å². The zero-order valence-electron chi connectivity index (χ0n) is 10.4. The monoisotopic (exact) mass is 355 g/mol. The molecule has 2 rings (SSSR count). The molecule has 0 aliphatic heterocycles. The standard InChI is InChI=1S/C13H8BrF2N3O2/c14-11-2-1-6(5-18-11)13(21)19-10-3-7(12(17)20)8(15)4-9(10)16/h1-5H,(H2,17,20)(H,19,21). The second-order valence-corrected chi connectivity index (χ2v) is 4.81. The largest absolute Gasteiger partial charge is 0.366 e. The van der Waals surface area contributed by atoms with E-state index in [-0.39, 0.29) is 11.3 Å². The lowest BCUT2D eigenvalue weighted by Crippen LogP contribution is -2.17. The van der Waals surface area contributed by atoms with Gasteiger partial charge in [0.05, 0.1) is 16.8 Å². The van der Waals surface area contributed by atoms with Crippen LogP contribution in [0, 0.1) is 11.6 Å². The number of amides is 2. The Hall–Kier alpha value is -2.35. The van der Waals surface area contributed by atoms with E-state index in [1.807, 2.05) is 0 Å². The Bertz CT molecular complexity index is 720. The van der Waals surface area contributed by atoms with Crippen LogP contribution in [-0.4, -0.2) is 16.8 Å². The summed E-state index contributed by atoms with van der Waals surface area (Å²) in [6.45, 7) is 0. The van der Waals surface area contributed by atoms with Crippen molar-refractivity contribution >= 4 is 33.4 Å². The highest BCUT2D eigenvalue weighted by Gasteiger charge is 2.16. The molecule has 108 valence electrons. The van der Waals surface area contributed by atoms with Gasteiger partial charge in [-0.15, -0.1) is 0 Å². The molecule has 2 amide bonds. The van der Waals surface area contributed by atoms with Gasteiger partial charge in [-0.3, -0.25) is 9.59 Å². The third-order valence-corrected chi connectivity index (χ3v) is 3.03. The molecule has 1 aromatic carbocycles. The molecule has 0 aliphatic carbocycles. The second-order valence-electron chi connectivity index (χ2n) is 4.00. The molecule has 0 bridgehead atoms. The van der Waals surface area contributed by atoms with Crippen LogP contribution in [0.5, 0.6) is 0 Å². The first-order valence-electron chi connectivity index (χ1n) is 5.60. The van der Waals surface area contributed by atoms with Crippen molar-refractivity contribution in [1.29, 1.82) is 0 Å². The van der Waals surface area contributed by atoms with Gasteiger partial charge in [-0.2, -0.15) is 0 Å². The van der Waals surface area contributed by atoms with Gasteiger partial charge in [0.1, 0.15) is 16.2 Å². The number of hydrogen-bond donors (Lipinski definition) is 2. The van der Waals surface area contributed by atoms with Gasteiger partial charge in [0.15, 0.2) is 0 Å². The molecule has 3 N–H and O–H groups in total. The molecule has 0 fully saturated rings. The average molecular weight is 356 g/mol. The lowest BCUT2D eigenvalue weighted by atomic mass is 10.1. The Morgan fingerprint density at radius 1 is 1.19 bits per heavy atom. The van der Waals surface area contributed by atoms with Gasteiger partial charge in [-0.25, -0.2) is 13.8 Å². The molecule has 0 saturated carbocycles. The fourth-order valence-electron chi connectivity index (χ4n) is 1.54. The number of halogens is 3. The van der Waals surface area contributed by atoms with Gasteiger partial charge in [0.2, 0.25) is 0 Å². The zero-order valence-corrected chi connectivity index (χ0v) is 11.9. The van der Waals surface area contributed by atoms with Crippen molar-refractivity contribution in [3.63, 3.8) is 0 Å². The summed E-state index contributed by atoms with van der Waals surface area (Å²) in [5.41, 5.74) is 4.27. The van der Waals surface area contributed by atoms with Crippen molar-refractivity contribution in [2.45, 2.75) is 0 Å². The topological polar surface area (TPSA) is 85.1 Å². The number of benzene rings is 1. The molecule has 1 aromatic heterocycles. The minimum absolute atomic E-state index is 0.169. The Morgan fingerprint density at radius 3 is 2.48 bits per heavy atom. The van der Waals surface area contributed by atoms with Crippen LogP contribution in [0.25, 0.3) is 0 Å². The van der Waals surface area contributed by atoms with Gasteiger partial charge in [0.25, 0.3) is 11.8 Å². The van der Waals surface area contributed by atoms with E-state index < -0.39 is 29.0 Å². The molecule has 0 atom stereocenters. The average Bonchev–Trinajstić information content (AvgIpc) is 2.42. The van der Waals surface area contributed by atoms with Crippen LogP contribution in [0.1, 0.15) is 20.7 Å². The maximum atomic E-state index is 13.6. The van der Waals surface area contributed by atoms with Gasteiger partial charge in [-0.1, -0.05) is 0 Å². The number of nitrogens with two attached hydrogens (primary N) is 1. The summed E-state index contributed by atoms with van der Waals surface area (Å²) in [6.07, 6.45) is 1.27. The first-order chi connectivity index (χ1) is 9.88. The molecule has 0 unspecified atom stereocenters. The van der Waals surface area contributed by atoms with Crippen LogP contribution in [0.3, 0.4) is 0 Å². The molecule has 21 heavy (non-hydrogen) atoms. The Kier molecular flexibility index (Phi) is 4.27. The van der Waals surface area contributed by atoms with Crippen molar-refractivity contribution in [2.75, 3.05) is 5.32 Å². The van der Waals surface area contributed by atoms with E-state index in [1.165, 1.54) is 18.3 Å². The summed E-state index contributed by atoms with van der Waals surface area (Å²) in [5.74, 6) is -3.83. The van der Waals surface area contributed by atoms with E-state index in [1.54, 1.807) is 0 Å². The minimum Gasteiger partial charge on any atom is -0.366 e. The maximum absolute atomic E-state index is 13.6. The SMILES string of the molecule is NC(=O)c1cc(NC(=O)c2ccc(Br)nc2)c(F)cc1F. The first kappa shape index (κ1) is 15.0. The highest BCUT2D eigenvalue weighted by atomic mass is 79.9. The molecule has 0 aliphatic rings. The number of nitrogens with zero attached hydrogens (tertiary/aromatic N) is 1. The summed E-state index contributed by atoms with van der Waals surface area (Å²) in [4.78, 5) is 26.8. The highest BCUT2D eigenvalue weighted by molar-refractivity contribution is 9.10. The molecular formula is C13H8BrF2N3O2. The van der Waals surface area contributed by atoms with Crippen molar-refractivity contribution < 1.29 is 18.4 Å². The smallest absolute Gasteiger partial charge is 0.257 e. The fourth-order valence-corrected chi connectivity index (χ4v) is 1.77. The molecule has 2 aromatic rings. The summed E-state index contributed by atoms with van der Waals surface area (Å²) in [7, 11) is 0. The Labute approximate surface area is 126 Å². The number of primary amides is 1. The van der Waals surface area contributed by atoms with E-state index in [2.05, 4.69) is 26.2 Å². The third-order valence-electron chi connectivity index (χ3n) is 2.56. The number of rotatable bonds is 3. The fraction of sp³-hybridized carbons (Fsp3) is 0. The van der Waals surface area contributed by atoms with Gasteiger partial charge < -0.3 is 11.1 Å². The summed E-state index contributed by atoms with van der Waals surface area (Å²) >= 11 is 3.11. The predicted molar refractivity (Wildman–Crippen MR) is 74.8 cm³/mol. The van der Waals surface area contributed by atoms with Crippen LogP contribution >= 0.6 is 15.9 Å². The summed E-state index contributed by atoms with van der Waals surface area (Å²) < 4.78 is 27.5. The quantitative estimate of drug-likeness (QED) is 0.829. The maximum Gasteiger partial charge on any atom is 0.257 e.